The molecule has 1 fully saturated rings. The predicted octanol–water partition coefficient (Wildman–Crippen LogP) is 2.11. The maximum atomic E-state index is 12.5. The lowest BCUT2D eigenvalue weighted by molar-refractivity contribution is -0.132. The zero-order valence-corrected chi connectivity index (χ0v) is 11.7. The Hall–Kier alpha value is -1.29. The van der Waals surface area contributed by atoms with E-state index in [0.717, 1.165) is 51.0 Å². The van der Waals surface area contributed by atoms with Crippen LogP contribution in [0.25, 0.3) is 0 Å². The van der Waals surface area contributed by atoms with Gasteiger partial charge in [0, 0.05) is 19.5 Å². The lowest BCUT2D eigenvalue weighted by Crippen LogP contribution is -2.50. The Kier molecular flexibility index (Phi) is 5.02. The number of hydrogen-bond acceptors (Lipinski definition) is 3. The van der Waals surface area contributed by atoms with Gasteiger partial charge in [-0.15, -0.1) is 0 Å². The molecule has 1 saturated heterocycles. The molecule has 0 saturated carbocycles. The summed E-state index contributed by atoms with van der Waals surface area (Å²) in [5.74, 6) is 1.12. The van der Waals surface area contributed by atoms with Gasteiger partial charge in [0.05, 0.1) is 11.7 Å². The molecule has 1 aliphatic heterocycles. The Balaban J connectivity index is 1.85. The van der Waals surface area contributed by atoms with Gasteiger partial charge < -0.3 is 15.1 Å². The second-order valence-electron chi connectivity index (χ2n) is 5.40. The topological polar surface area (TPSA) is 54.3 Å². The third-order valence-electron chi connectivity index (χ3n) is 3.92. The second kappa shape index (κ2) is 6.75. The smallest absolute Gasteiger partial charge is 0.227 e. The maximum Gasteiger partial charge on any atom is 0.227 e. The molecule has 0 aromatic carbocycles. The van der Waals surface area contributed by atoms with Crippen LogP contribution in [0, 0.1) is 5.41 Å². The Bertz CT molecular complexity index is 375. The van der Waals surface area contributed by atoms with Crippen molar-refractivity contribution in [1.29, 1.82) is 0 Å². The minimum atomic E-state index is -0.198. The molecule has 0 spiro atoms. The normalized spacial score (nSPS) is 23.2. The van der Waals surface area contributed by atoms with Crippen LogP contribution >= 0.6 is 0 Å². The molecule has 4 nitrogen and oxygen atoms in total. The van der Waals surface area contributed by atoms with E-state index in [1.165, 1.54) is 0 Å². The number of rotatable bonds is 6. The number of furan rings is 1. The van der Waals surface area contributed by atoms with Crippen LogP contribution in [0.2, 0.25) is 0 Å². The molecule has 2 N–H and O–H groups in total. The van der Waals surface area contributed by atoms with Gasteiger partial charge in [0.25, 0.3) is 0 Å². The summed E-state index contributed by atoms with van der Waals surface area (Å²) in [5.41, 5.74) is -0.198. The van der Waals surface area contributed by atoms with Gasteiger partial charge >= 0.3 is 0 Å². The predicted molar refractivity (Wildman–Crippen MR) is 74.9 cm³/mol. The van der Waals surface area contributed by atoms with Gasteiger partial charge in [0.2, 0.25) is 5.91 Å². The van der Waals surface area contributed by atoms with Gasteiger partial charge in [-0.05, 0) is 37.9 Å². The molecule has 2 heterocycles. The van der Waals surface area contributed by atoms with Crippen molar-refractivity contribution < 1.29 is 9.21 Å². The van der Waals surface area contributed by atoms with Crippen molar-refractivity contribution in [2.75, 3.05) is 19.6 Å². The van der Waals surface area contributed by atoms with Crippen molar-refractivity contribution in [1.82, 2.24) is 10.6 Å². The summed E-state index contributed by atoms with van der Waals surface area (Å²) < 4.78 is 5.27. The number of carbonyl (C=O) groups is 1. The fraction of sp³-hybridized carbons (Fsp3) is 0.667. The number of carbonyl (C=O) groups excluding carboxylic acids is 1. The summed E-state index contributed by atoms with van der Waals surface area (Å²) in [6.07, 6.45) is 6.53. The molecule has 1 aromatic rings. The van der Waals surface area contributed by atoms with E-state index >= 15 is 0 Å². The first-order chi connectivity index (χ1) is 9.27. The molecule has 106 valence electrons. The highest BCUT2D eigenvalue weighted by Crippen LogP contribution is 2.31. The lowest BCUT2D eigenvalue weighted by Gasteiger charge is -2.36. The first-order valence-electron chi connectivity index (χ1n) is 7.28. The zero-order chi connectivity index (χ0) is 13.6. The zero-order valence-electron chi connectivity index (χ0n) is 11.7. The molecular weight excluding hydrogens is 240 g/mol. The van der Waals surface area contributed by atoms with Crippen molar-refractivity contribution in [3.63, 3.8) is 0 Å². The minimum absolute atomic E-state index is 0.198. The largest absolute Gasteiger partial charge is 0.469 e. The summed E-state index contributed by atoms with van der Waals surface area (Å²) in [6.45, 7) is 4.64. The highest BCUT2D eigenvalue weighted by molar-refractivity contribution is 5.83. The van der Waals surface area contributed by atoms with E-state index in [1.54, 1.807) is 6.26 Å². The van der Waals surface area contributed by atoms with Gasteiger partial charge in [0.1, 0.15) is 5.76 Å². The molecule has 2 rings (SSSR count). The highest BCUT2D eigenvalue weighted by atomic mass is 16.3. The van der Waals surface area contributed by atoms with Crippen LogP contribution in [0.3, 0.4) is 0 Å². The van der Waals surface area contributed by atoms with Crippen molar-refractivity contribution in [3.8, 4) is 0 Å². The standard InChI is InChI=1S/C15H24N2O2/c1-2-7-15(8-4-9-16-12-15)14(18)17-10-6-13-5-3-11-19-13/h3,5,11,16H,2,4,6-10,12H2,1H3,(H,17,18). The van der Waals surface area contributed by atoms with Crippen LogP contribution in [0.4, 0.5) is 0 Å². The van der Waals surface area contributed by atoms with Gasteiger partial charge in [0.15, 0.2) is 0 Å². The van der Waals surface area contributed by atoms with E-state index in [4.69, 9.17) is 4.42 Å². The van der Waals surface area contributed by atoms with E-state index in [9.17, 15) is 4.79 Å². The van der Waals surface area contributed by atoms with Gasteiger partial charge in [-0.2, -0.15) is 0 Å². The monoisotopic (exact) mass is 264 g/mol. The van der Waals surface area contributed by atoms with Gasteiger partial charge in [-0.3, -0.25) is 4.79 Å². The first-order valence-corrected chi connectivity index (χ1v) is 7.28. The number of amides is 1. The van der Waals surface area contributed by atoms with Crippen LogP contribution < -0.4 is 10.6 Å². The number of piperidine rings is 1. The van der Waals surface area contributed by atoms with Crippen LogP contribution in [0.1, 0.15) is 38.4 Å². The third kappa shape index (κ3) is 3.60. The minimum Gasteiger partial charge on any atom is -0.469 e. The molecule has 1 aliphatic rings. The molecular formula is C15H24N2O2. The van der Waals surface area contributed by atoms with E-state index in [2.05, 4.69) is 17.6 Å². The van der Waals surface area contributed by atoms with E-state index in [1.807, 2.05) is 12.1 Å². The fourth-order valence-corrected chi connectivity index (χ4v) is 2.91. The molecule has 1 amide bonds. The van der Waals surface area contributed by atoms with Gasteiger partial charge in [-0.25, -0.2) is 0 Å². The van der Waals surface area contributed by atoms with Crippen molar-refractivity contribution in [2.24, 2.45) is 5.41 Å². The fourth-order valence-electron chi connectivity index (χ4n) is 2.91. The van der Waals surface area contributed by atoms with Crippen LogP contribution in [0.15, 0.2) is 22.8 Å². The lowest BCUT2D eigenvalue weighted by atomic mass is 9.76. The number of nitrogens with one attached hydrogen (secondary N) is 2. The van der Waals surface area contributed by atoms with Gasteiger partial charge in [-0.1, -0.05) is 13.3 Å². The third-order valence-corrected chi connectivity index (χ3v) is 3.92. The van der Waals surface area contributed by atoms with Crippen molar-refractivity contribution >= 4 is 5.91 Å². The number of hydrogen-bond donors (Lipinski definition) is 2. The Morgan fingerprint density at radius 3 is 3.11 bits per heavy atom. The van der Waals surface area contributed by atoms with Crippen LogP contribution in [-0.2, 0) is 11.2 Å². The van der Waals surface area contributed by atoms with E-state index in [0.29, 0.717) is 6.54 Å². The SMILES string of the molecule is CCCC1(C(=O)NCCc2ccco2)CCCNC1. The summed E-state index contributed by atoms with van der Waals surface area (Å²) in [6, 6.07) is 3.82. The molecule has 0 radical (unpaired) electrons. The maximum absolute atomic E-state index is 12.5. The van der Waals surface area contributed by atoms with Crippen LogP contribution in [0.5, 0.6) is 0 Å². The Morgan fingerprint density at radius 2 is 2.47 bits per heavy atom. The molecule has 1 unspecified atom stereocenters. The Morgan fingerprint density at radius 1 is 1.58 bits per heavy atom. The molecule has 19 heavy (non-hydrogen) atoms. The summed E-state index contributed by atoms with van der Waals surface area (Å²) in [5, 5.41) is 6.44. The first kappa shape index (κ1) is 14.1. The molecule has 1 atom stereocenters. The molecule has 0 aliphatic carbocycles. The summed E-state index contributed by atoms with van der Waals surface area (Å²) >= 11 is 0. The average molecular weight is 264 g/mol. The highest BCUT2D eigenvalue weighted by Gasteiger charge is 2.38. The van der Waals surface area contributed by atoms with Crippen LogP contribution in [-0.4, -0.2) is 25.5 Å². The second-order valence-corrected chi connectivity index (χ2v) is 5.40. The van der Waals surface area contributed by atoms with Crippen molar-refractivity contribution in [3.05, 3.63) is 24.2 Å². The van der Waals surface area contributed by atoms with Crippen molar-refractivity contribution in [2.45, 2.75) is 39.0 Å². The molecule has 4 heteroatoms. The van der Waals surface area contributed by atoms with E-state index in [-0.39, 0.29) is 11.3 Å². The van der Waals surface area contributed by atoms with E-state index < -0.39 is 0 Å². The molecule has 0 bridgehead atoms. The molecule has 1 aromatic heterocycles. The summed E-state index contributed by atoms with van der Waals surface area (Å²) in [7, 11) is 0. The summed E-state index contributed by atoms with van der Waals surface area (Å²) in [4.78, 5) is 12.5. The quantitative estimate of drug-likeness (QED) is 0.827. The Labute approximate surface area is 114 Å². The average Bonchev–Trinajstić information content (AvgIpc) is 2.93.